The fourth-order valence-corrected chi connectivity index (χ4v) is 5.42. The molecule has 1 fully saturated rings. The summed E-state index contributed by atoms with van der Waals surface area (Å²) in [7, 11) is 2.89. The van der Waals surface area contributed by atoms with Crippen LogP contribution in [0.4, 0.5) is 15.8 Å². The van der Waals surface area contributed by atoms with Crippen molar-refractivity contribution in [3.05, 3.63) is 64.4 Å². The Hall–Kier alpha value is -4.19. The molecule has 0 aliphatic heterocycles. The van der Waals surface area contributed by atoms with Gasteiger partial charge in [-0.05, 0) is 54.2 Å². The zero-order valence-electron chi connectivity index (χ0n) is 21.6. The molecule has 1 atom stereocenters. The normalized spacial score (nSPS) is 14.3. The van der Waals surface area contributed by atoms with Gasteiger partial charge in [-0.15, -0.1) is 0 Å². The second kappa shape index (κ2) is 12.1. The third-order valence-corrected chi connectivity index (χ3v) is 7.51. The van der Waals surface area contributed by atoms with Crippen LogP contribution >= 0.6 is 11.5 Å². The zero-order valence-corrected chi connectivity index (χ0v) is 22.4. The van der Waals surface area contributed by atoms with E-state index in [0.29, 0.717) is 22.8 Å². The van der Waals surface area contributed by atoms with E-state index in [0.717, 1.165) is 32.1 Å². The molecule has 0 saturated heterocycles. The van der Waals surface area contributed by atoms with E-state index in [1.807, 2.05) is 0 Å². The van der Waals surface area contributed by atoms with Gasteiger partial charge in [0.2, 0.25) is 5.91 Å². The van der Waals surface area contributed by atoms with Gasteiger partial charge in [0, 0.05) is 12.1 Å². The number of anilines is 2. The van der Waals surface area contributed by atoms with E-state index in [1.54, 1.807) is 18.2 Å². The van der Waals surface area contributed by atoms with Gasteiger partial charge in [-0.1, -0.05) is 31.4 Å². The van der Waals surface area contributed by atoms with E-state index in [9.17, 15) is 18.8 Å². The maximum atomic E-state index is 14.3. The van der Waals surface area contributed by atoms with Gasteiger partial charge in [0.05, 0.1) is 25.6 Å². The van der Waals surface area contributed by atoms with Crippen LogP contribution in [-0.2, 0) is 4.79 Å². The lowest BCUT2D eigenvalue weighted by Gasteiger charge is -2.34. The quantitative estimate of drug-likeness (QED) is 0.363. The van der Waals surface area contributed by atoms with Gasteiger partial charge in [-0.25, -0.2) is 4.39 Å². The number of aromatic nitrogens is 1. The van der Waals surface area contributed by atoms with Crippen molar-refractivity contribution in [2.24, 2.45) is 5.73 Å². The van der Waals surface area contributed by atoms with Gasteiger partial charge in [-0.3, -0.25) is 19.3 Å². The lowest BCUT2D eigenvalue weighted by Crippen LogP contribution is -2.47. The third-order valence-electron chi connectivity index (χ3n) is 6.66. The molecule has 0 bridgehead atoms. The van der Waals surface area contributed by atoms with Crippen LogP contribution in [0.5, 0.6) is 11.5 Å². The number of amides is 3. The Bertz CT molecular complexity index is 1360. The van der Waals surface area contributed by atoms with Gasteiger partial charge in [0.25, 0.3) is 11.8 Å². The standard InChI is InChI=1S/C27H30FN5O5S/c1-37-18-12-13-20(38-2)19(14-18)33(27(36)24-21(29)22(25(30)34)32-39-24)23(15-8-10-16(28)11-9-15)26(35)31-17-6-4-3-5-7-17/h8-14,17,23H,3-7,29H2,1-2H3,(H2,30,34)(H,31,35). The summed E-state index contributed by atoms with van der Waals surface area (Å²) in [6.45, 7) is 0. The number of carbonyl (C=O) groups excluding carboxylic acids is 3. The monoisotopic (exact) mass is 555 g/mol. The number of nitrogens with two attached hydrogens (primary N) is 2. The summed E-state index contributed by atoms with van der Waals surface area (Å²) in [5, 5.41) is 3.08. The molecule has 1 aliphatic carbocycles. The summed E-state index contributed by atoms with van der Waals surface area (Å²) in [5.41, 5.74) is 11.6. The molecular formula is C27H30FN5O5S. The van der Waals surface area contributed by atoms with E-state index >= 15 is 0 Å². The van der Waals surface area contributed by atoms with Crippen LogP contribution < -0.4 is 31.2 Å². The molecule has 10 nitrogen and oxygen atoms in total. The minimum Gasteiger partial charge on any atom is -0.497 e. The number of ether oxygens (including phenoxy) is 2. The number of benzene rings is 2. The molecule has 2 aromatic carbocycles. The maximum Gasteiger partial charge on any atom is 0.273 e. The molecule has 1 aromatic heterocycles. The molecule has 12 heteroatoms. The predicted octanol–water partition coefficient (Wildman–Crippen LogP) is 3.82. The van der Waals surface area contributed by atoms with Crippen LogP contribution in [0.25, 0.3) is 0 Å². The number of halogens is 1. The SMILES string of the molecule is COc1ccc(OC)c(N(C(=O)c2snc(C(N)=O)c2N)C(C(=O)NC2CCCCC2)c2ccc(F)cc2)c1. The van der Waals surface area contributed by atoms with Crippen molar-refractivity contribution in [3.8, 4) is 11.5 Å². The number of primary amides is 1. The number of hydrogen-bond donors (Lipinski definition) is 3. The summed E-state index contributed by atoms with van der Waals surface area (Å²) in [6.07, 6.45) is 4.66. The highest BCUT2D eigenvalue weighted by molar-refractivity contribution is 7.09. The molecular weight excluding hydrogens is 525 g/mol. The van der Waals surface area contributed by atoms with Crippen molar-refractivity contribution in [1.82, 2.24) is 9.69 Å². The highest BCUT2D eigenvalue weighted by Crippen LogP contribution is 2.40. The molecule has 206 valence electrons. The van der Waals surface area contributed by atoms with Crippen molar-refractivity contribution in [1.29, 1.82) is 0 Å². The van der Waals surface area contributed by atoms with Crippen molar-refractivity contribution in [2.45, 2.75) is 44.2 Å². The molecule has 5 N–H and O–H groups in total. The smallest absolute Gasteiger partial charge is 0.273 e. The van der Waals surface area contributed by atoms with Gasteiger partial charge >= 0.3 is 0 Å². The van der Waals surface area contributed by atoms with Crippen molar-refractivity contribution >= 4 is 40.6 Å². The first-order valence-electron chi connectivity index (χ1n) is 12.4. The second-order valence-electron chi connectivity index (χ2n) is 9.15. The lowest BCUT2D eigenvalue weighted by molar-refractivity contribution is -0.123. The van der Waals surface area contributed by atoms with E-state index in [-0.39, 0.29) is 33.7 Å². The first-order valence-corrected chi connectivity index (χ1v) is 13.2. The molecule has 1 unspecified atom stereocenters. The molecule has 1 saturated carbocycles. The molecule has 4 rings (SSSR count). The molecule has 0 radical (unpaired) electrons. The molecule has 1 heterocycles. The predicted molar refractivity (Wildman–Crippen MR) is 146 cm³/mol. The van der Waals surface area contributed by atoms with Crippen LogP contribution in [0.3, 0.4) is 0 Å². The van der Waals surface area contributed by atoms with Crippen LogP contribution in [0.1, 0.15) is 63.9 Å². The van der Waals surface area contributed by atoms with Gasteiger partial charge in [0.15, 0.2) is 5.69 Å². The maximum absolute atomic E-state index is 14.3. The van der Waals surface area contributed by atoms with Gasteiger partial charge in [-0.2, -0.15) is 4.37 Å². The molecule has 3 amide bonds. The van der Waals surface area contributed by atoms with Crippen molar-refractivity contribution in [2.75, 3.05) is 24.9 Å². The first kappa shape index (κ1) is 27.8. The average Bonchev–Trinajstić information content (AvgIpc) is 3.33. The summed E-state index contributed by atoms with van der Waals surface area (Å²) in [4.78, 5) is 41.2. The Morgan fingerprint density at radius 1 is 1.08 bits per heavy atom. The highest BCUT2D eigenvalue weighted by atomic mass is 32.1. The Kier molecular flexibility index (Phi) is 8.65. The number of hydrogen-bond acceptors (Lipinski definition) is 8. The largest absolute Gasteiger partial charge is 0.497 e. The van der Waals surface area contributed by atoms with Crippen LogP contribution in [0.2, 0.25) is 0 Å². The minimum atomic E-state index is -1.26. The number of nitrogen functional groups attached to an aromatic ring is 1. The van der Waals surface area contributed by atoms with E-state index in [1.165, 1.54) is 43.4 Å². The lowest BCUT2D eigenvalue weighted by atomic mass is 9.94. The molecule has 0 spiro atoms. The topological polar surface area (TPSA) is 150 Å². The van der Waals surface area contributed by atoms with Crippen molar-refractivity contribution < 1.29 is 28.2 Å². The zero-order chi connectivity index (χ0) is 28.1. The average molecular weight is 556 g/mol. The minimum absolute atomic E-state index is 0.0757. The summed E-state index contributed by atoms with van der Waals surface area (Å²) in [6, 6.07) is 8.77. The van der Waals surface area contributed by atoms with Crippen molar-refractivity contribution in [3.63, 3.8) is 0 Å². The second-order valence-corrected chi connectivity index (χ2v) is 9.92. The fourth-order valence-electron chi connectivity index (χ4n) is 4.68. The first-order chi connectivity index (χ1) is 18.7. The number of rotatable bonds is 9. The van der Waals surface area contributed by atoms with E-state index < -0.39 is 29.6 Å². The number of carbonyl (C=O) groups is 3. The number of nitrogens with one attached hydrogen (secondary N) is 1. The van der Waals surface area contributed by atoms with E-state index in [4.69, 9.17) is 20.9 Å². The van der Waals surface area contributed by atoms with Crippen LogP contribution in [-0.4, -0.2) is 42.4 Å². The van der Waals surface area contributed by atoms with Crippen LogP contribution in [0, 0.1) is 5.82 Å². The highest BCUT2D eigenvalue weighted by Gasteiger charge is 2.38. The molecule has 1 aliphatic rings. The Labute approximate surface area is 229 Å². The Balaban J connectivity index is 1.92. The Morgan fingerprint density at radius 2 is 1.77 bits per heavy atom. The van der Waals surface area contributed by atoms with E-state index in [2.05, 4.69) is 9.69 Å². The fraction of sp³-hybridized carbons (Fsp3) is 0.333. The van der Waals surface area contributed by atoms with Gasteiger partial charge in [0.1, 0.15) is 28.2 Å². The number of nitrogens with zero attached hydrogens (tertiary/aromatic N) is 2. The third kappa shape index (κ3) is 5.95. The molecule has 3 aromatic rings. The summed E-state index contributed by atoms with van der Waals surface area (Å²) in [5.74, 6) is -1.93. The van der Waals surface area contributed by atoms with Gasteiger partial charge < -0.3 is 26.3 Å². The van der Waals surface area contributed by atoms with Crippen LogP contribution in [0.15, 0.2) is 42.5 Å². The summed E-state index contributed by atoms with van der Waals surface area (Å²) < 4.78 is 28.8. The number of methoxy groups -OCH3 is 2. The molecule has 39 heavy (non-hydrogen) atoms. The summed E-state index contributed by atoms with van der Waals surface area (Å²) >= 11 is 0.691. The Morgan fingerprint density at radius 3 is 2.36 bits per heavy atom.